The average Bonchev–Trinajstić information content (AvgIpc) is 3.51. The van der Waals surface area contributed by atoms with E-state index in [1.54, 1.807) is 66.7 Å². The zero-order valence-corrected chi connectivity index (χ0v) is 29.6. The predicted octanol–water partition coefficient (Wildman–Crippen LogP) is 3.68. The summed E-state index contributed by atoms with van der Waals surface area (Å²) in [6.07, 6.45) is 0. The molecular formula is C41H33ClF2N4O3S. The molecule has 0 aliphatic heterocycles. The van der Waals surface area contributed by atoms with Gasteiger partial charge in [-0.2, -0.15) is 0 Å². The van der Waals surface area contributed by atoms with Gasteiger partial charge in [0.2, 0.25) is 0 Å². The molecular weight excluding hydrogens is 702 g/mol. The minimum Gasteiger partial charge on any atom is -1.00 e. The van der Waals surface area contributed by atoms with Crippen molar-refractivity contribution in [3.63, 3.8) is 0 Å². The molecule has 2 heterocycles. The van der Waals surface area contributed by atoms with Gasteiger partial charge < -0.3 is 22.6 Å². The number of nitrogens with zero attached hydrogens (tertiary/aromatic N) is 2. The number of carbonyl (C=O) groups excluding carboxylic acids is 1. The van der Waals surface area contributed by atoms with E-state index in [9.17, 15) is 14.4 Å². The number of fused-ring (bicyclic) bond motifs is 1. The molecule has 262 valence electrons. The van der Waals surface area contributed by atoms with Crippen molar-refractivity contribution < 1.29 is 30.9 Å². The molecule has 1 unspecified atom stereocenters. The fourth-order valence-corrected chi connectivity index (χ4v) is 7.57. The summed E-state index contributed by atoms with van der Waals surface area (Å²) in [7, 11) is 2.03. The van der Waals surface area contributed by atoms with Crippen LogP contribution < -0.4 is 33.9 Å². The van der Waals surface area contributed by atoms with E-state index in [1.807, 2.05) is 55.6 Å². The van der Waals surface area contributed by atoms with Gasteiger partial charge in [0.1, 0.15) is 29.6 Å². The van der Waals surface area contributed by atoms with Crippen LogP contribution in [0.15, 0.2) is 143 Å². The first kappa shape index (κ1) is 36.1. The number of thiophene rings is 1. The van der Waals surface area contributed by atoms with Crippen LogP contribution in [0.2, 0.25) is 0 Å². The second-order valence-electron chi connectivity index (χ2n) is 12.3. The number of anilines is 1. The maximum atomic E-state index is 15.1. The molecule has 7 rings (SSSR count). The molecule has 0 fully saturated rings. The van der Waals surface area contributed by atoms with Crippen molar-refractivity contribution in [3.8, 4) is 16.1 Å². The Bertz CT molecular complexity index is 2450. The zero-order chi connectivity index (χ0) is 35.5. The van der Waals surface area contributed by atoms with Crippen LogP contribution in [0.5, 0.6) is 0 Å². The monoisotopic (exact) mass is 734 g/mol. The smallest absolute Gasteiger partial charge is 0.337 e. The van der Waals surface area contributed by atoms with E-state index < -0.39 is 29.4 Å². The standard InChI is InChI=1S/C41H32F2N4O3S.ClH/c1-45(24-27-12-5-2-6-13-27)25-33-36-39(49)47(31-16-9-4-10-17-31)41(50)46(26-32-34(42)18-11-19-35(32)43)40(36)51-37(33)28-20-22-30(23-21-28)44-38(48)29-14-7-3-8-15-29;/h2-23H,24-26H2,1H3,(H,44,48);1H. The predicted molar refractivity (Wildman–Crippen MR) is 198 cm³/mol. The van der Waals surface area contributed by atoms with Gasteiger partial charge in [-0.15, -0.1) is 11.3 Å². The highest BCUT2D eigenvalue weighted by atomic mass is 35.5. The number of para-hydroxylation sites is 1. The second-order valence-corrected chi connectivity index (χ2v) is 13.3. The van der Waals surface area contributed by atoms with E-state index in [-0.39, 0.29) is 23.9 Å². The summed E-state index contributed by atoms with van der Waals surface area (Å²) in [4.78, 5) is 43.8. The number of benzene rings is 5. The first-order chi connectivity index (χ1) is 24.8. The first-order valence-corrected chi connectivity index (χ1v) is 17.2. The second kappa shape index (κ2) is 15.7. The third-order valence-corrected chi connectivity index (χ3v) is 10.0. The summed E-state index contributed by atoms with van der Waals surface area (Å²) in [5, 5.41) is 3.23. The fourth-order valence-electron chi connectivity index (χ4n) is 6.26. The number of quaternary nitrogens is 1. The van der Waals surface area contributed by atoms with E-state index >= 15 is 8.78 Å². The van der Waals surface area contributed by atoms with Crippen LogP contribution in [0.4, 0.5) is 14.5 Å². The van der Waals surface area contributed by atoms with Crippen LogP contribution in [-0.4, -0.2) is 22.1 Å². The van der Waals surface area contributed by atoms with Crippen molar-refractivity contribution in [3.05, 3.63) is 188 Å². The summed E-state index contributed by atoms with van der Waals surface area (Å²) in [6, 6.07) is 38.3. The first-order valence-electron chi connectivity index (χ1n) is 16.4. The molecule has 0 saturated carbocycles. The van der Waals surface area contributed by atoms with Gasteiger partial charge in [0.15, 0.2) is 0 Å². The maximum Gasteiger partial charge on any atom is 0.337 e. The zero-order valence-electron chi connectivity index (χ0n) is 28.0. The fraction of sp³-hybridized carbons (Fsp3) is 0.0976. The van der Waals surface area contributed by atoms with Crippen molar-refractivity contribution in [2.45, 2.75) is 19.6 Å². The quantitative estimate of drug-likeness (QED) is 0.225. The largest absolute Gasteiger partial charge is 1.00 e. The topological polar surface area (TPSA) is 77.5 Å². The van der Waals surface area contributed by atoms with Gasteiger partial charge in [0.25, 0.3) is 11.5 Å². The lowest BCUT2D eigenvalue weighted by Crippen LogP contribution is -3.06. The summed E-state index contributed by atoms with van der Waals surface area (Å²) >= 11 is 1.24. The Labute approximate surface area is 308 Å². The van der Waals surface area contributed by atoms with E-state index in [0.29, 0.717) is 45.8 Å². The van der Waals surface area contributed by atoms with Gasteiger partial charge in [0.05, 0.1) is 24.7 Å². The number of halogens is 3. The number of aromatic nitrogens is 2. The number of hydrogen-bond donors (Lipinski definition) is 2. The van der Waals surface area contributed by atoms with Crippen molar-refractivity contribution >= 4 is 33.1 Å². The van der Waals surface area contributed by atoms with Gasteiger partial charge in [-0.3, -0.25) is 14.2 Å². The molecule has 0 aliphatic rings. The Morgan fingerprint density at radius 2 is 1.33 bits per heavy atom. The molecule has 1 atom stereocenters. The third-order valence-electron chi connectivity index (χ3n) is 8.73. The molecule has 2 aromatic heterocycles. The molecule has 2 N–H and O–H groups in total. The van der Waals surface area contributed by atoms with Gasteiger partial charge in [-0.05, 0) is 54.1 Å². The molecule has 0 aliphatic carbocycles. The van der Waals surface area contributed by atoms with Crippen LogP contribution >= 0.6 is 11.3 Å². The number of rotatable bonds is 10. The lowest BCUT2D eigenvalue weighted by molar-refractivity contribution is -0.907. The number of hydrogen-bond acceptors (Lipinski definition) is 4. The van der Waals surface area contributed by atoms with Crippen molar-refractivity contribution in [1.82, 2.24) is 9.13 Å². The Hall–Kier alpha value is -5.68. The molecule has 5 aromatic carbocycles. The van der Waals surface area contributed by atoms with Crippen molar-refractivity contribution in [1.29, 1.82) is 0 Å². The summed E-state index contributed by atoms with van der Waals surface area (Å²) < 4.78 is 32.5. The lowest BCUT2D eigenvalue weighted by Gasteiger charge is -2.16. The molecule has 52 heavy (non-hydrogen) atoms. The number of carbonyl (C=O) groups is 1. The highest BCUT2D eigenvalue weighted by Crippen LogP contribution is 2.37. The Kier molecular flexibility index (Phi) is 10.9. The molecule has 11 heteroatoms. The van der Waals surface area contributed by atoms with Crippen LogP contribution in [0.3, 0.4) is 0 Å². The van der Waals surface area contributed by atoms with Crippen LogP contribution in [0.25, 0.3) is 26.3 Å². The summed E-state index contributed by atoms with van der Waals surface area (Å²) in [5.74, 6) is -1.82. The van der Waals surface area contributed by atoms with Gasteiger partial charge in [-0.1, -0.05) is 84.9 Å². The molecule has 7 nitrogen and oxygen atoms in total. The number of amides is 1. The van der Waals surface area contributed by atoms with E-state index in [2.05, 4.69) is 5.32 Å². The molecule has 0 radical (unpaired) electrons. The minimum atomic E-state index is -0.787. The Balaban J connectivity index is 0.00000464. The van der Waals surface area contributed by atoms with Gasteiger partial charge in [-0.25, -0.2) is 18.1 Å². The Morgan fingerprint density at radius 3 is 1.96 bits per heavy atom. The highest BCUT2D eigenvalue weighted by Gasteiger charge is 2.27. The summed E-state index contributed by atoms with van der Waals surface area (Å²) in [5.41, 5.74) is 2.55. The Morgan fingerprint density at radius 1 is 0.731 bits per heavy atom. The lowest BCUT2D eigenvalue weighted by atomic mass is 10.1. The SMILES string of the molecule is C[NH+](Cc1ccccc1)Cc1c(-c2ccc(NC(=O)c3ccccc3)cc2)sc2c1c(=O)n(-c1ccccc1)c(=O)n2Cc1c(F)cccc1F.[Cl-]. The van der Waals surface area contributed by atoms with E-state index in [0.717, 1.165) is 37.6 Å². The summed E-state index contributed by atoms with van der Waals surface area (Å²) in [6.45, 7) is 0.652. The van der Waals surface area contributed by atoms with Crippen molar-refractivity contribution in [2.75, 3.05) is 12.4 Å². The maximum absolute atomic E-state index is 15.1. The molecule has 1 amide bonds. The molecule has 0 saturated heterocycles. The third kappa shape index (κ3) is 7.36. The normalized spacial score (nSPS) is 11.6. The minimum absolute atomic E-state index is 0. The molecule has 0 bridgehead atoms. The van der Waals surface area contributed by atoms with Crippen molar-refractivity contribution in [2.24, 2.45) is 0 Å². The highest BCUT2D eigenvalue weighted by molar-refractivity contribution is 7.22. The number of nitrogens with one attached hydrogen (secondary N) is 2. The van der Waals surface area contributed by atoms with Gasteiger partial charge >= 0.3 is 5.69 Å². The van der Waals surface area contributed by atoms with Crippen LogP contribution in [0.1, 0.15) is 27.0 Å². The van der Waals surface area contributed by atoms with Crippen LogP contribution in [-0.2, 0) is 19.6 Å². The van der Waals surface area contributed by atoms with Gasteiger partial charge in [0, 0.05) is 32.8 Å². The average molecular weight is 735 g/mol. The van der Waals surface area contributed by atoms with E-state index in [4.69, 9.17) is 0 Å². The molecule has 7 aromatic rings. The van der Waals surface area contributed by atoms with Crippen LogP contribution in [0, 0.1) is 11.6 Å². The molecule has 0 spiro atoms. The van der Waals surface area contributed by atoms with E-state index in [1.165, 1.54) is 22.0 Å².